The van der Waals surface area contributed by atoms with Crippen molar-refractivity contribution < 1.29 is 38.6 Å². The van der Waals surface area contributed by atoms with Crippen LogP contribution in [-0.2, 0) is 35.3 Å². The Morgan fingerprint density at radius 3 is 2.03 bits per heavy atom. The van der Waals surface area contributed by atoms with E-state index >= 15 is 0 Å². The van der Waals surface area contributed by atoms with Gasteiger partial charge in [0.1, 0.15) is 12.2 Å². The monoisotopic (exact) mass is 487 g/mol. The lowest BCUT2D eigenvalue weighted by Crippen LogP contribution is -2.46. The molecule has 0 bridgehead atoms. The molecular weight excluding hydrogens is 454 g/mol. The van der Waals surface area contributed by atoms with Crippen molar-refractivity contribution in [1.29, 1.82) is 0 Å². The van der Waals surface area contributed by atoms with E-state index < -0.39 is 58.2 Å². The Morgan fingerprint density at radius 1 is 1.00 bits per heavy atom. The number of nitrogens with one attached hydrogen (secondary N) is 1. The highest BCUT2D eigenvalue weighted by Crippen LogP contribution is 2.77. The maximum atomic E-state index is 13.5. The van der Waals surface area contributed by atoms with Crippen molar-refractivity contribution in [2.24, 2.45) is 28.6 Å². The standard InChI is InChI=1S/C26H33NO8/c1-7-25(21(30)33-14-16-12-10-9-11-13-16)15(3)26(8-2,19-17(18(19)25)20(28)29)22(31)35-27-23(32)34-24(4,5)6/h9-13,17-19H,3,7-8,14H2,1-2,4-6H3,(H,27,32)(H,28,29)/t17-,18?,19-,25-,26-/m0/s1. The van der Waals surface area contributed by atoms with Crippen LogP contribution in [0, 0.1) is 28.6 Å². The Hall–Kier alpha value is -3.36. The van der Waals surface area contributed by atoms with Crippen LogP contribution in [0.2, 0.25) is 0 Å². The van der Waals surface area contributed by atoms with Crippen molar-refractivity contribution in [2.75, 3.05) is 0 Å². The van der Waals surface area contributed by atoms with E-state index in [0.29, 0.717) is 0 Å². The van der Waals surface area contributed by atoms with Crippen LogP contribution in [-0.4, -0.2) is 34.7 Å². The van der Waals surface area contributed by atoms with E-state index in [2.05, 4.69) is 6.58 Å². The van der Waals surface area contributed by atoms with Gasteiger partial charge < -0.3 is 19.4 Å². The molecule has 35 heavy (non-hydrogen) atoms. The number of esters is 1. The predicted octanol–water partition coefficient (Wildman–Crippen LogP) is 4.02. The number of ether oxygens (including phenoxy) is 2. The maximum absolute atomic E-state index is 13.5. The van der Waals surface area contributed by atoms with Crippen molar-refractivity contribution in [1.82, 2.24) is 5.48 Å². The van der Waals surface area contributed by atoms with Gasteiger partial charge in [-0.2, -0.15) is 0 Å². The van der Waals surface area contributed by atoms with Crippen LogP contribution >= 0.6 is 0 Å². The summed E-state index contributed by atoms with van der Waals surface area (Å²) in [5.41, 5.74) is -0.643. The van der Waals surface area contributed by atoms with Crippen LogP contribution in [0.5, 0.6) is 0 Å². The molecule has 1 unspecified atom stereocenters. The highest BCUT2D eigenvalue weighted by Gasteiger charge is 2.83. The molecule has 1 aromatic rings. The SMILES string of the molecule is C=C1[C@](CC)(C(=O)OCc2ccccc2)C2[C@H]([C@H]2C(=O)O)[C@@]1(CC)C(=O)ONC(=O)OC(C)(C)C. The molecular formula is C26H33NO8. The van der Waals surface area contributed by atoms with Gasteiger partial charge in [0.05, 0.1) is 16.7 Å². The van der Waals surface area contributed by atoms with Gasteiger partial charge in [-0.25, -0.2) is 9.59 Å². The highest BCUT2D eigenvalue weighted by molar-refractivity contribution is 5.95. The average Bonchev–Trinajstić information content (AvgIpc) is 3.49. The third kappa shape index (κ3) is 4.39. The molecule has 2 N–H and O–H groups in total. The second kappa shape index (κ2) is 9.36. The van der Waals surface area contributed by atoms with Gasteiger partial charge in [0.2, 0.25) is 0 Å². The number of amides is 1. The van der Waals surface area contributed by atoms with Gasteiger partial charge in [-0.15, -0.1) is 5.48 Å². The lowest BCUT2D eigenvalue weighted by Gasteiger charge is -2.37. The summed E-state index contributed by atoms with van der Waals surface area (Å²) in [4.78, 5) is 56.2. The second-order valence-electron chi connectivity index (χ2n) is 10.1. The van der Waals surface area contributed by atoms with E-state index in [1.165, 1.54) is 0 Å². The number of hydrogen-bond acceptors (Lipinski definition) is 7. The highest BCUT2D eigenvalue weighted by atomic mass is 16.7. The molecule has 9 heteroatoms. The molecule has 2 aliphatic rings. The fourth-order valence-corrected chi connectivity index (χ4v) is 5.68. The number of carbonyl (C=O) groups is 4. The van der Waals surface area contributed by atoms with Crippen LogP contribution in [0.1, 0.15) is 53.0 Å². The number of hydroxylamine groups is 1. The average molecular weight is 488 g/mol. The maximum Gasteiger partial charge on any atom is 0.441 e. The smallest absolute Gasteiger partial charge is 0.441 e. The minimum absolute atomic E-state index is 0.00754. The van der Waals surface area contributed by atoms with E-state index in [9.17, 15) is 24.3 Å². The fourth-order valence-electron chi connectivity index (χ4n) is 5.68. The van der Waals surface area contributed by atoms with Crippen molar-refractivity contribution in [3.05, 3.63) is 48.0 Å². The lowest BCUT2D eigenvalue weighted by atomic mass is 9.65. The van der Waals surface area contributed by atoms with Crippen molar-refractivity contribution in [3.8, 4) is 0 Å². The molecule has 190 valence electrons. The van der Waals surface area contributed by atoms with Gasteiger partial charge in [-0.05, 0) is 56.6 Å². The summed E-state index contributed by atoms with van der Waals surface area (Å²) in [6, 6.07) is 9.11. The molecule has 0 aliphatic heterocycles. The van der Waals surface area contributed by atoms with Crippen LogP contribution < -0.4 is 5.48 Å². The number of aliphatic carboxylic acids is 1. The summed E-state index contributed by atoms with van der Waals surface area (Å²) in [6.07, 6.45) is -0.620. The molecule has 0 radical (unpaired) electrons. The Kier molecular flexibility index (Phi) is 7.02. The van der Waals surface area contributed by atoms with E-state index in [1.54, 1.807) is 34.6 Å². The van der Waals surface area contributed by atoms with Gasteiger partial charge in [0.25, 0.3) is 0 Å². The number of carbonyl (C=O) groups excluding carboxylic acids is 3. The first-order chi connectivity index (χ1) is 16.4. The summed E-state index contributed by atoms with van der Waals surface area (Å²) in [5.74, 6) is -4.92. The number of carboxylic acid groups (broad SMARTS) is 1. The van der Waals surface area contributed by atoms with Gasteiger partial charge in [-0.3, -0.25) is 9.59 Å². The summed E-state index contributed by atoms with van der Waals surface area (Å²) in [6.45, 7) is 12.6. The second-order valence-corrected chi connectivity index (χ2v) is 10.1. The molecule has 2 saturated carbocycles. The fraction of sp³-hybridized carbons (Fsp3) is 0.538. The minimum Gasteiger partial charge on any atom is -0.481 e. The molecule has 2 fully saturated rings. The molecule has 9 nitrogen and oxygen atoms in total. The quantitative estimate of drug-likeness (QED) is 0.255. The van der Waals surface area contributed by atoms with Gasteiger partial charge >= 0.3 is 24.0 Å². The molecule has 1 amide bonds. The van der Waals surface area contributed by atoms with Crippen molar-refractivity contribution >= 4 is 24.0 Å². The van der Waals surface area contributed by atoms with Gasteiger partial charge in [0, 0.05) is 0 Å². The number of benzene rings is 1. The molecule has 0 heterocycles. The molecule has 0 aromatic heterocycles. The van der Waals surface area contributed by atoms with Crippen LogP contribution in [0.3, 0.4) is 0 Å². The Labute approximate surface area is 204 Å². The van der Waals surface area contributed by atoms with E-state index in [4.69, 9.17) is 14.3 Å². The van der Waals surface area contributed by atoms with Gasteiger partial charge in [0.15, 0.2) is 0 Å². The molecule has 1 aromatic carbocycles. The van der Waals surface area contributed by atoms with Crippen molar-refractivity contribution in [3.63, 3.8) is 0 Å². The normalized spacial score (nSPS) is 29.1. The Balaban J connectivity index is 1.89. The number of hydrogen-bond donors (Lipinski definition) is 2. The van der Waals surface area contributed by atoms with Gasteiger partial charge in [-0.1, -0.05) is 50.8 Å². The zero-order chi connectivity index (χ0) is 26.2. The Bertz CT molecular complexity index is 1030. The molecule has 0 spiro atoms. The van der Waals surface area contributed by atoms with E-state index in [0.717, 1.165) is 5.56 Å². The number of fused-ring (bicyclic) bond motifs is 1. The Morgan fingerprint density at radius 2 is 1.54 bits per heavy atom. The first-order valence-electron chi connectivity index (χ1n) is 11.7. The molecule has 2 aliphatic carbocycles. The van der Waals surface area contributed by atoms with Crippen LogP contribution in [0.4, 0.5) is 4.79 Å². The molecule has 0 saturated heterocycles. The van der Waals surface area contributed by atoms with Crippen LogP contribution in [0.25, 0.3) is 0 Å². The predicted molar refractivity (Wildman–Crippen MR) is 124 cm³/mol. The zero-order valence-electron chi connectivity index (χ0n) is 20.8. The topological polar surface area (TPSA) is 128 Å². The first kappa shape index (κ1) is 26.2. The van der Waals surface area contributed by atoms with Crippen LogP contribution in [0.15, 0.2) is 42.5 Å². The largest absolute Gasteiger partial charge is 0.481 e. The number of carboxylic acids is 1. The first-order valence-corrected chi connectivity index (χ1v) is 11.7. The van der Waals surface area contributed by atoms with Crippen molar-refractivity contribution in [2.45, 2.75) is 59.7 Å². The summed E-state index contributed by atoms with van der Waals surface area (Å²) < 4.78 is 10.7. The number of rotatable bonds is 7. The molecule has 3 rings (SSSR count). The lowest BCUT2D eigenvalue weighted by molar-refractivity contribution is -0.164. The summed E-state index contributed by atoms with van der Waals surface area (Å²) in [5, 5.41) is 9.89. The van der Waals surface area contributed by atoms with E-state index in [-0.39, 0.29) is 25.0 Å². The third-order valence-electron chi connectivity index (χ3n) is 7.20. The van der Waals surface area contributed by atoms with E-state index in [1.807, 2.05) is 35.8 Å². The third-order valence-corrected chi connectivity index (χ3v) is 7.20. The summed E-state index contributed by atoms with van der Waals surface area (Å²) >= 11 is 0. The minimum atomic E-state index is -1.48. The zero-order valence-corrected chi connectivity index (χ0v) is 20.8. The summed E-state index contributed by atoms with van der Waals surface area (Å²) in [7, 11) is 0. The molecule has 5 atom stereocenters.